The molecule has 0 atom stereocenters. The number of nitrogen functional groups attached to an aromatic ring is 1. The third kappa shape index (κ3) is 3.52. The normalized spacial score (nSPS) is 10.7. The first-order valence-electron chi connectivity index (χ1n) is 6.32. The Kier molecular flexibility index (Phi) is 4.84. The van der Waals surface area contributed by atoms with E-state index in [-0.39, 0.29) is 29.6 Å². The number of nitrogens with one attached hydrogen (secondary N) is 1. The fourth-order valence-corrected chi connectivity index (χ4v) is 1.74. The highest BCUT2D eigenvalue weighted by Gasteiger charge is 2.23. The van der Waals surface area contributed by atoms with Gasteiger partial charge in [0.25, 0.3) is 5.91 Å². The zero-order chi connectivity index (χ0) is 17.7. The van der Waals surface area contributed by atoms with Crippen LogP contribution >= 0.6 is 0 Å². The summed E-state index contributed by atoms with van der Waals surface area (Å²) in [7, 11) is 1.18. The molecule has 13 heteroatoms. The number of hydrogen-bond acceptors (Lipinski definition) is 10. The van der Waals surface area contributed by atoms with Gasteiger partial charge in [-0.05, 0) is 22.6 Å². The molecule has 0 aliphatic carbocycles. The maximum Gasteiger partial charge on any atom is 0.323 e. The molecule has 1 aromatic carbocycles. The molecule has 0 radical (unpaired) electrons. The molecule has 1 heterocycles. The van der Waals surface area contributed by atoms with E-state index in [1.54, 1.807) is 0 Å². The minimum atomic E-state index is -0.733. The number of nitrogens with two attached hydrogens (primary N) is 1. The largest absolute Gasteiger partial charge is 0.504 e. The number of amides is 1. The van der Waals surface area contributed by atoms with E-state index in [1.165, 1.54) is 19.2 Å². The fraction of sp³-hybridized carbons (Fsp3) is 0.182. The number of nitro groups is 1. The van der Waals surface area contributed by atoms with Gasteiger partial charge in [-0.1, -0.05) is 5.10 Å². The van der Waals surface area contributed by atoms with Crippen molar-refractivity contribution in [2.45, 2.75) is 6.54 Å². The standard InChI is InChI=1S/C11H12N8O5/c1-24-10-7(20)3-2-6(9(10)19(22)23)4-13-14-8(21)5-18-11(12)15-16-17-18/h2-4,20H,5H2,1H3,(H,14,21)(H2,12,15,17)/b13-4+. The lowest BCUT2D eigenvalue weighted by Gasteiger charge is -2.06. The van der Waals surface area contributed by atoms with Crippen molar-refractivity contribution >= 4 is 23.8 Å². The van der Waals surface area contributed by atoms with Gasteiger partial charge in [-0.2, -0.15) is 5.10 Å². The Balaban J connectivity index is 2.13. The second kappa shape index (κ2) is 6.99. The average Bonchev–Trinajstić information content (AvgIpc) is 2.93. The van der Waals surface area contributed by atoms with E-state index in [9.17, 15) is 20.0 Å². The van der Waals surface area contributed by atoms with Crippen molar-refractivity contribution < 1.29 is 19.6 Å². The molecular weight excluding hydrogens is 324 g/mol. The molecule has 0 aliphatic rings. The Morgan fingerprint density at radius 3 is 2.96 bits per heavy atom. The topological polar surface area (TPSA) is 184 Å². The lowest BCUT2D eigenvalue weighted by atomic mass is 10.1. The van der Waals surface area contributed by atoms with E-state index in [4.69, 9.17) is 10.5 Å². The van der Waals surface area contributed by atoms with Crippen molar-refractivity contribution in [3.05, 3.63) is 27.8 Å². The van der Waals surface area contributed by atoms with Gasteiger partial charge in [0, 0.05) is 0 Å². The highest BCUT2D eigenvalue weighted by Crippen LogP contribution is 2.37. The van der Waals surface area contributed by atoms with Gasteiger partial charge >= 0.3 is 5.69 Å². The summed E-state index contributed by atoms with van der Waals surface area (Å²) in [6.45, 7) is -0.281. The van der Waals surface area contributed by atoms with Crippen molar-refractivity contribution in [3.63, 3.8) is 0 Å². The number of nitrogens with zero attached hydrogens (tertiary/aromatic N) is 6. The van der Waals surface area contributed by atoms with Crippen LogP contribution in [-0.2, 0) is 11.3 Å². The summed E-state index contributed by atoms with van der Waals surface area (Å²) >= 11 is 0. The summed E-state index contributed by atoms with van der Waals surface area (Å²) in [6, 6.07) is 2.46. The molecule has 0 saturated carbocycles. The monoisotopic (exact) mass is 336 g/mol. The predicted molar refractivity (Wildman–Crippen MR) is 79.3 cm³/mol. The van der Waals surface area contributed by atoms with Crippen molar-refractivity contribution in [2.24, 2.45) is 5.10 Å². The number of ether oxygens (including phenoxy) is 1. The molecule has 0 fully saturated rings. The number of rotatable bonds is 6. The fourth-order valence-electron chi connectivity index (χ4n) is 1.74. The van der Waals surface area contributed by atoms with E-state index < -0.39 is 16.5 Å². The van der Waals surface area contributed by atoms with Crippen molar-refractivity contribution in [2.75, 3.05) is 12.8 Å². The van der Waals surface area contributed by atoms with Crippen LogP contribution in [0.3, 0.4) is 0 Å². The lowest BCUT2D eigenvalue weighted by molar-refractivity contribution is -0.386. The lowest BCUT2D eigenvalue weighted by Crippen LogP contribution is -2.24. The molecule has 1 aromatic heterocycles. The molecule has 2 aromatic rings. The van der Waals surface area contributed by atoms with E-state index in [1.807, 2.05) is 0 Å². The number of benzene rings is 1. The molecule has 4 N–H and O–H groups in total. The van der Waals surface area contributed by atoms with Crippen LogP contribution in [0.1, 0.15) is 5.56 Å². The molecule has 0 unspecified atom stereocenters. The Bertz CT molecular complexity index is 802. The van der Waals surface area contributed by atoms with Crippen LogP contribution in [0.4, 0.5) is 11.6 Å². The second-order valence-electron chi connectivity index (χ2n) is 4.30. The number of methoxy groups -OCH3 is 1. The molecule has 1 amide bonds. The van der Waals surface area contributed by atoms with Crippen LogP contribution in [-0.4, -0.2) is 49.5 Å². The summed E-state index contributed by atoms with van der Waals surface area (Å²) in [6.07, 6.45) is 1.04. The molecule has 0 saturated heterocycles. The number of nitro benzene ring substituents is 1. The number of phenolic OH excluding ortho intramolecular Hbond substituents is 1. The van der Waals surface area contributed by atoms with Gasteiger partial charge < -0.3 is 15.6 Å². The van der Waals surface area contributed by atoms with Crippen LogP contribution < -0.4 is 15.9 Å². The van der Waals surface area contributed by atoms with Gasteiger partial charge in [0.05, 0.1) is 23.8 Å². The quantitative estimate of drug-likeness (QED) is 0.339. The highest BCUT2D eigenvalue weighted by molar-refractivity contribution is 5.89. The summed E-state index contributed by atoms with van der Waals surface area (Å²) in [5.41, 5.74) is 7.09. The first-order valence-corrected chi connectivity index (χ1v) is 6.32. The van der Waals surface area contributed by atoms with E-state index in [2.05, 4.69) is 26.1 Å². The number of aromatic hydroxyl groups is 1. The number of phenols is 1. The molecule has 0 spiro atoms. The Morgan fingerprint density at radius 2 is 2.38 bits per heavy atom. The Labute approximate surface area is 133 Å². The Hall–Kier alpha value is -3.77. The number of anilines is 1. The van der Waals surface area contributed by atoms with Gasteiger partial charge in [-0.15, -0.1) is 0 Å². The number of hydrazone groups is 1. The maximum absolute atomic E-state index is 11.7. The van der Waals surface area contributed by atoms with E-state index in [0.29, 0.717) is 0 Å². The van der Waals surface area contributed by atoms with Gasteiger partial charge in [-0.25, -0.2) is 10.1 Å². The first-order chi connectivity index (χ1) is 11.4. The maximum atomic E-state index is 11.7. The number of aromatic nitrogens is 4. The summed E-state index contributed by atoms with van der Waals surface area (Å²) < 4.78 is 5.85. The second-order valence-corrected chi connectivity index (χ2v) is 4.30. The van der Waals surface area contributed by atoms with Crippen molar-refractivity contribution in [3.8, 4) is 11.5 Å². The highest BCUT2D eigenvalue weighted by atomic mass is 16.6. The van der Waals surface area contributed by atoms with Crippen LogP contribution in [0.25, 0.3) is 0 Å². The number of carbonyl (C=O) groups excluding carboxylic acids is 1. The first kappa shape index (κ1) is 16.6. The average molecular weight is 336 g/mol. The predicted octanol–water partition coefficient (Wildman–Crippen LogP) is -0.972. The van der Waals surface area contributed by atoms with Crippen LogP contribution in [0.5, 0.6) is 11.5 Å². The van der Waals surface area contributed by atoms with Crippen molar-refractivity contribution in [1.29, 1.82) is 0 Å². The molecular formula is C11H12N8O5. The van der Waals surface area contributed by atoms with Gasteiger partial charge in [-0.3, -0.25) is 14.9 Å². The molecule has 0 bridgehead atoms. The zero-order valence-electron chi connectivity index (χ0n) is 12.3. The molecule has 24 heavy (non-hydrogen) atoms. The minimum absolute atomic E-state index is 0.0249. The number of tetrazole rings is 1. The summed E-state index contributed by atoms with van der Waals surface area (Å²) in [5.74, 6) is -1.34. The summed E-state index contributed by atoms with van der Waals surface area (Å²) in [4.78, 5) is 22.0. The minimum Gasteiger partial charge on any atom is -0.504 e. The smallest absolute Gasteiger partial charge is 0.323 e. The zero-order valence-corrected chi connectivity index (χ0v) is 12.3. The SMILES string of the molecule is COc1c(O)ccc(/C=N/NC(=O)Cn2nnnc2N)c1[N+](=O)[O-]. The van der Waals surface area contributed by atoms with Crippen molar-refractivity contribution in [1.82, 2.24) is 25.6 Å². The van der Waals surface area contributed by atoms with Gasteiger partial charge in [0.1, 0.15) is 6.54 Å². The number of carbonyl (C=O) groups is 1. The Morgan fingerprint density at radius 1 is 1.62 bits per heavy atom. The summed E-state index contributed by atoms with van der Waals surface area (Å²) in [5, 5.41) is 34.5. The van der Waals surface area contributed by atoms with E-state index in [0.717, 1.165) is 10.9 Å². The molecule has 13 nitrogen and oxygen atoms in total. The van der Waals surface area contributed by atoms with Gasteiger partial charge in [0.2, 0.25) is 11.7 Å². The van der Waals surface area contributed by atoms with Gasteiger partial charge in [0.15, 0.2) is 5.75 Å². The van der Waals surface area contributed by atoms with Crippen LogP contribution in [0.2, 0.25) is 0 Å². The molecule has 2 rings (SSSR count). The number of hydrogen-bond donors (Lipinski definition) is 3. The van der Waals surface area contributed by atoms with Crippen LogP contribution in [0, 0.1) is 10.1 Å². The third-order valence-corrected chi connectivity index (χ3v) is 2.77. The molecule has 0 aliphatic heterocycles. The van der Waals surface area contributed by atoms with E-state index >= 15 is 0 Å². The van der Waals surface area contributed by atoms with Crippen LogP contribution in [0.15, 0.2) is 17.2 Å². The third-order valence-electron chi connectivity index (χ3n) is 2.77. The molecule has 126 valence electrons.